The Morgan fingerprint density at radius 3 is 2.55 bits per heavy atom. The standard InChI is InChI=1S/C25H28N4O14S/c1-12(14-8-17-18(41-11-40-17)9-16(14)29(35)36)42-25(34)27-15-7-6-13(22(15)26-24(27)33)4-2-3-5-21(31)43-28-20(30)10-19(23(28)32)44(37,38)39/h8-9,12-13,15,19,22H,2-7,10-11H2,1H3,(H,26,33)(H,37,38,39)/t12?,13-,15+,19?,22-/m1/s1. The molecule has 2 saturated heterocycles. The highest BCUT2D eigenvalue weighted by atomic mass is 32.2. The molecule has 5 atom stereocenters. The third-order valence-electron chi connectivity index (χ3n) is 8.05. The van der Waals surface area contributed by atoms with Crippen molar-refractivity contribution in [3.63, 3.8) is 0 Å². The minimum atomic E-state index is -4.83. The molecule has 44 heavy (non-hydrogen) atoms. The first-order chi connectivity index (χ1) is 20.8. The van der Waals surface area contributed by atoms with E-state index in [9.17, 15) is 42.5 Å². The monoisotopic (exact) mass is 640 g/mol. The van der Waals surface area contributed by atoms with Crippen molar-refractivity contribution >= 4 is 45.7 Å². The number of hydrogen-bond acceptors (Lipinski definition) is 13. The number of urea groups is 1. The van der Waals surface area contributed by atoms with Gasteiger partial charge < -0.3 is 24.4 Å². The first kappa shape index (κ1) is 30.9. The van der Waals surface area contributed by atoms with Gasteiger partial charge in [0.25, 0.3) is 27.6 Å². The van der Waals surface area contributed by atoms with E-state index in [1.54, 1.807) is 0 Å². The van der Waals surface area contributed by atoms with Crippen LogP contribution >= 0.6 is 0 Å². The Bertz CT molecular complexity index is 1530. The second-order valence-electron chi connectivity index (χ2n) is 10.7. The Morgan fingerprint density at radius 1 is 1.18 bits per heavy atom. The minimum Gasteiger partial charge on any atom is -0.454 e. The molecule has 3 heterocycles. The maximum Gasteiger partial charge on any atom is 0.418 e. The highest BCUT2D eigenvalue weighted by molar-refractivity contribution is 7.87. The molecule has 2 unspecified atom stereocenters. The van der Waals surface area contributed by atoms with E-state index in [1.807, 2.05) is 0 Å². The molecule has 3 aliphatic heterocycles. The molecule has 19 heteroatoms. The largest absolute Gasteiger partial charge is 0.454 e. The molecule has 0 spiro atoms. The van der Waals surface area contributed by atoms with Crippen LogP contribution in [0.3, 0.4) is 0 Å². The van der Waals surface area contributed by atoms with E-state index >= 15 is 0 Å². The molecule has 0 radical (unpaired) electrons. The first-order valence-corrected chi connectivity index (χ1v) is 15.2. The number of imide groups is 2. The number of rotatable bonds is 10. The maximum atomic E-state index is 13.1. The summed E-state index contributed by atoms with van der Waals surface area (Å²) < 4.78 is 47.4. The van der Waals surface area contributed by atoms with Gasteiger partial charge in [-0.15, -0.1) is 5.06 Å². The van der Waals surface area contributed by atoms with Crippen LogP contribution in [0.2, 0.25) is 0 Å². The number of ether oxygens (including phenoxy) is 3. The van der Waals surface area contributed by atoms with Gasteiger partial charge in [-0.1, -0.05) is 6.42 Å². The Kier molecular flexibility index (Phi) is 8.34. The summed E-state index contributed by atoms with van der Waals surface area (Å²) in [7, 11) is -4.83. The number of fused-ring (bicyclic) bond motifs is 2. The summed E-state index contributed by atoms with van der Waals surface area (Å²) in [4.78, 5) is 78.5. The summed E-state index contributed by atoms with van der Waals surface area (Å²) in [6, 6.07) is 1.01. The zero-order valence-corrected chi connectivity index (χ0v) is 24.0. The molecule has 18 nitrogen and oxygen atoms in total. The molecule has 1 saturated carbocycles. The van der Waals surface area contributed by atoms with Gasteiger partial charge in [-0.25, -0.2) is 19.3 Å². The molecular weight excluding hydrogens is 612 g/mol. The van der Waals surface area contributed by atoms with E-state index in [4.69, 9.17) is 23.6 Å². The van der Waals surface area contributed by atoms with Gasteiger partial charge in [0.2, 0.25) is 6.79 Å². The van der Waals surface area contributed by atoms with Crippen molar-refractivity contribution in [3.8, 4) is 11.5 Å². The van der Waals surface area contributed by atoms with Crippen LogP contribution < -0.4 is 14.8 Å². The number of hydroxylamine groups is 2. The summed E-state index contributed by atoms with van der Waals surface area (Å²) in [5.74, 6) is -2.92. The quantitative estimate of drug-likeness (QED) is 0.122. The lowest BCUT2D eigenvalue weighted by atomic mass is 9.95. The van der Waals surface area contributed by atoms with Crippen molar-refractivity contribution in [2.75, 3.05) is 6.79 Å². The van der Waals surface area contributed by atoms with Crippen LogP contribution in [0.25, 0.3) is 0 Å². The van der Waals surface area contributed by atoms with Crippen LogP contribution in [0.1, 0.15) is 63.5 Å². The number of benzene rings is 1. The predicted octanol–water partition coefficient (Wildman–Crippen LogP) is 1.73. The minimum absolute atomic E-state index is 0.0394. The van der Waals surface area contributed by atoms with Gasteiger partial charge >= 0.3 is 18.1 Å². The average Bonchev–Trinajstić information content (AvgIpc) is 3.70. The van der Waals surface area contributed by atoms with Crippen molar-refractivity contribution in [3.05, 3.63) is 27.8 Å². The fourth-order valence-corrected chi connectivity index (χ4v) is 6.61. The number of carbonyl (C=O) groups is 5. The van der Waals surface area contributed by atoms with E-state index in [0.29, 0.717) is 25.7 Å². The van der Waals surface area contributed by atoms with Crippen LogP contribution in [0.15, 0.2) is 12.1 Å². The lowest BCUT2D eigenvalue weighted by Gasteiger charge is -2.22. The van der Waals surface area contributed by atoms with Crippen molar-refractivity contribution in [1.82, 2.24) is 15.3 Å². The molecule has 1 aromatic rings. The number of hydrogen-bond donors (Lipinski definition) is 2. The molecule has 238 valence electrons. The van der Waals surface area contributed by atoms with Crippen LogP contribution in [0.5, 0.6) is 11.5 Å². The van der Waals surface area contributed by atoms with Crippen molar-refractivity contribution in [1.29, 1.82) is 0 Å². The Hall–Kier alpha value is -4.52. The Morgan fingerprint density at radius 2 is 1.89 bits per heavy atom. The summed E-state index contributed by atoms with van der Waals surface area (Å²) in [6.45, 7) is 1.34. The summed E-state index contributed by atoms with van der Waals surface area (Å²) in [5, 5.41) is 12.4. The first-order valence-electron chi connectivity index (χ1n) is 13.7. The molecule has 2 N–H and O–H groups in total. The van der Waals surface area contributed by atoms with Crippen molar-refractivity contribution in [2.24, 2.45) is 5.92 Å². The van der Waals surface area contributed by atoms with Gasteiger partial charge in [0, 0.05) is 6.42 Å². The van der Waals surface area contributed by atoms with E-state index in [1.165, 1.54) is 19.1 Å². The zero-order valence-electron chi connectivity index (χ0n) is 23.2. The van der Waals surface area contributed by atoms with Gasteiger partial charge in [-0.05, 0) is 44.6 Å². The van der Waals surface area contributed by atoms with Crippen LogP contribution in [-0.2, 0) is 34.1 Å². The van der Waals surface area contributed by atoms with E-state index in [-0.39, 0.29) is 59.4 Å². The lowest BCUT2D eigenvalue weighted by molar-refractivity contribution is -0.386. The van der Waals surface area contributed by atoms with Gasteiger partial charge in [-0.2, -0.15) is 8.42 Å². The van der Waals surface area contributed by atoms with Crippen molar-refractivity contribution < 1.29 is 60.9 Å². The smallest absolute Gasteiger partial charge is 0.418 e. The molecule has 1 aromatic carbocycles. The summed E-state index contributed by atoms with van der Waals surface area (Å²) in [5.41, 5.74) is -0.257. The van der Waals surface area contributed by atoms with Crippen molar-refractivity contribution in [2.45, 2.75) is 75.3 Å². The molecule has 5 amide bonds. The number of nitro groups is 1. The zero-order chi connectivity index (χ0) is 31.9. The predicted molar refractivity (Wildman–Crippen MR) is 141 cm³/mol. The van der Waals surface area contributed by atoms with E-state index in [0.717, 1.165) is 4.90 Å². The Balaban J connectivity index is 1.11. The Labute approximate surface area is 249 Å². The second-order valence-corrected chi connectivity index (χ2v) is 12.3. The molecular formula is C25H28N4O14S. The molecule has 5 rings (SSSR count). The average molecular weight is 641 g/mol. The van der Waals surface area contributed by atoms with Crippen LogP contribution in [0.4, 0.5) is 15.3 Å². The highest BCUT2D eigenvalue weighted by Crippen LogP contribution is 2.42. The molecule has 4 aliphatic rings. The number of carbonyl (C=O) groups excluding carboxylic acids is 5. The third-order valence-corrected chi connectivity index (χ3v) is 9.14. The normalized spacial score (nSPS) is 24.7. The van der Waals surface area contributed by atoms with Gasteiger partial charge in [0.15, 0.2) is 16.7 Å². The number of nitro benzene ring substituents is 1. The van der Waals surface area contributed by atoms with Crippen LogP contribution in [-0.4, -0.2) is 81.9 Å². The third kappa shape index (κ3) is 5.96. The van der Waals surface area contributed by atoms with Gasteiger partial charge in [-0.3, -0.25) is 24.3 Å². The second kappa shape index (κ2) is 11.9. The number of nitrogens with zero attached hydrogens (tertiary/aromatic N) is 3. The topological polar surface area (TPSA) is 238 Å². The van der Waals surface area contributed by atoms with E-state index < -0.39 is 68.8 Å². The molecule has 1 aliphatic carbocycles. The fourth-order valence-electron chi connectivity index (χ4n) is 5.90. The summed E-state index contributed by atoms with van der Waals surface area (Å²) in [6.07, 6.45) is -0.597. The maximum absolute atomic E-state index is 13.1. The lowest BCUT2D eigenvalue weighted by Crippen LogP contribution is -2.40. The van der Waals surface area contributed by atoms with Gasteiger partial charge in [0.05, 0.1) is 35.1 Å². The number of nitrogens with one attached hydrogen (secondary N) is 1. The number of unbranched alkanes of at least 4 members (excludes halogenated alkanes) is 1. The molecule has 0 bridgehead atoms. The molecule has 0 aromatic heterocycles. The summed E-state index contributed by atoms with van der Waals surface area (Å²) >= 11 is 0. The van der Waals surface area contributed by atoms with Gasteiger partial charge in [0.1, 0.15) is 6.10 Å². The molecule has 3 fully saturated rings. The van der Waals surface area contributed by atoms with E-state index in [2.05, 4.69) is 5.32 Å². The highest BCUT2D eigenvalue weighted by Gasteiger charge is 2.51. The fraction of sp³-hybridized carbons (Fsp3) is 0.560. The van der Waals surface area contributed by atoms with Crippen LogP contribution in [0, 0.1) is 16.0 Å². The number of amides is 5. The SMILES string of the molecule is CC(OC(=O)N1C(=O)N[C@@H]2[C@H](CCCCC(=O)ON3C(=O)CC(S(=O)(=O)O)C3=O)CC[C@@H]21)c1cc2c(cc1[N+](=O)[O-])OCO2.